The maximum absolute atomic E-state index is 13.1. The van der Waals surface area contributed by atoms with Crippen molar-refractivity contribution in [2.24, 2.45) is 0 Å². The van der Waals surface area contributed by atoms with Crippen LogP contribution < -0.4 is 10.3 Å². The molecule has 3 aromatic rings. The molecule has 0 amide bonds. The number of para-hydroxylation sites is 1. The van der Waals surface area contributed by atoms with E-state index in [0.29, 0.717) is 16.8 Å². The molecule has 0 radical (unpaired) electrons. The zero-order valence-corrected chi connectivity index (χ0v) is 11.5. The van der Waals surface area contributed by atoms with Crippen molar-refractivity contribution in [1.82, 2.24) is 4.57 Å². The van der Waals surface area contributed by atoms with Crippen LogP contribution in [0.1, 0.15) is 5.56 Å². The minimum Gasteiger partial charge on any atom is -0.486 e. The minimum atomic E-state index is -1.67. The van der Waals surface area contributed by atoms with E-state index in [9.17, 15) is 14.3 Å². The van der Waals surface area contributed by atoms with E-state index in [-0.39, 0.29) is 12.2 Å². The van der Waals surface area contributed by atoms with Gasteiger partial charge >= 0.3 is 0 Å². The zero-order valence-electron chi connectivity index (χ0n) is 11.5. The Kier molecular flexibility index (Phi) is 2.62. The molecular weight excluding hydrogens is 285 g/mol. The summed E-state index contributed by atoms with van der Waals surface area (Å²) in [4.78, 5) is 12.4. The van der Waals surface area contributed by atoms with Gasteiger partial charge in [-0.2, -0.15) is 0 Å². The summed E-state index contributed by atoms with van der Waals surface area (Å²) in [6.07, 6.45) is 0. The van der Waals surface area contributed by atoms with Gasteiger partial charge in [-0.1, -0.05) is 24.3 Å². The van der Waals surface area contributed by atoms with E-state index < -0.39 is 11.5 Å². The highest BCUT2D eigenvalue weighted by Crippen LogP contribution is 2.35. The fourth-order valence-corrected chi connectivity index (χ4v) is 2.91. The van der Waals surface area contributed by atoms with Gasteiger partial charge < -0.3 is 9.84 Å². The van der Waals surface area contributed by atoms with E-state index in [1.54, 1.807) is 12.1 Å². The summed E-state index contributed by atoms with van der Waals surface area (Å²) in [5, 5.41) is 11.9. The van der Waals surface area contributed by atoms with Gasteiger partial charge in [-0.05, 0) is 24.3 Å². The second-order valence-corrected chi connectivity index (χ2v) is 5.31. The number of nitrogens with zero attached hydrogens (tertiary/aromatic N) is 1. The molecule has 1 aliphatic heterocycles. The van der Waals surface area contributed by atoms with Crippen molar-refractivity contribution in [3.05, 3.63) is 76.3 Å². The summed E-state index contributed by atoms with van der Waals surface area (Å²) < 4.78 is 20.1. The van der Waals surface area contributed by atoms with Gasteiger partial charge in [0.1, 0.15) is 18.2 Å². The fourth-order valence-electron chi connectivity index (χ4n) is 2.91. The highest BCUT2D eigenvalue weighted by Gasteiger charge is 2.38. The van der Waals surface area contributed by atoms with Gasteiger partial charge in [-0.3, -0.25) is 9.36 Å². The van der Waals surface area contributed by atoms with Crippen LogP contribution in [0.4, 0.5) is 4.39 Å². The van der Waals surface area contributed by atoms with Gasteiger partial charge in [0.05, 0.1) is 5.52 Å². The number of aromatic nitrogens is 1. The van der Waals surface area contributed by atoms with E-state index in [2.05, 4.69) is 0 Å². The second kappa shape index (κ2) is 4.42. The average Bonchev–Trinajstić information content (AvgIpc) is 2.53. The Labute approximate surface area is 125 Å². The van der Waals surface area contributed by atoms with Crippen molar-refractivity contribution in [3.8, 4) is 5.75 Å². The lowest BCUT2D eigenvalue weighted by Gasteiger charge is -2.36. The lowest BCUT2D eigenvalue weighted by atomic mass is 10.00. The van der Waals surface area contributed by atoms with Crippen LogP contribution in [0.2, 0.25) is 0 Å². The maximum atomic E-state index is 13.1. The monoisotopic (exact) mass is 297 g/mol. The van der Waals surface area contributed by atoms with Gasteiger partial charge in [0.2, 0.25) is 5.72 Å². The molecule has 0 bridgehead atoms. The molecule has 1 aromatic heterocycles. The van der Waals surface area contributed by atoms with E-state index in [4.69, 9.17) is 4.74 Å². The van der Waals surface area contributed by atoms with E-state index >= 15 is 0 Å². The number of aliphatic hydroxyl groups is 1. The molecule has 1 atom stereocenters. The lowest BCUT2D eigenvalue weighted by molar-refractivity contribution is -0.0434. The molecule has 2 heterocycles. The Balaban J connectivity index is 2.08. The number of hydrogen-bond donors (Lipinski definition) is 1. The van der Waals surface area contributed by atoms with Crippen LogP contribution in [0.15, 0.2) is 59.4 Å². The molecule has 1 N–H and O–H groups in total. The molecule has 22 heavy (non-hydrogen) atoms. The third kappa shape index (κ3) is 1.69. The summed E-state index contributed by atoms with van der Waals surface area (Å²) in [5.74, 6) is 0.136. The Hall–Kier alpha value is -2.66. The first-order valence-corrected chi connectivity index (χ1v) is 6.86. The number of pyridine rings is 1. The van der Waals surface area contributed by atoms with Crippen LogP contribution >= 0.6 is 0 Å². The van der Waals surface area contributed by atoms with Gasteiger partial charge in [-0.25, -0.2) is 4.39 Å². The molecule has 4 nitrogen and oxygen atoms in total. The summed E-state index contributed by atoms with van der Waals surface area (Å²) in [7, 11) is 0. The average molecular weight is 297 g/mol. The molecular formula is C17H12FNO3. The Morgan fingerprint density at radius 1 is 1.09 bits per heavy atom. The highest BCUT2D eigenvalue weighted by atomic mass is 19.1. The first-order chi connectivity index (χ1) is 10.6. The predicted molar refractivity (Wildman–Crippen MR) is 79.4 cm³/mol. The van der Waals surface area contributed by atoms with Crippen LogP contribution in [0.5, 0.6) is 5.75 Å². The molecule has 1 aliphatic rings. The molecule has 2 aromatic carbocycles. The Bertz CT molecular complexity index is 933. The predicted octanol–water partition coefficient (Wildman–Crippen LogP) is 2.23. The molecule has 0 saturated carbocycles. The third-order valence-corrected chi connectivity index (χ3v) is 3.99. The van der Waals surface area contributed by atoms with E-state index in [1.165, 1.54) is 34.9 Å². The molecule has 0 saturated heterocycles. The van der Waals surface area contributed by atoms with Gasteiger partial charge in [-0.15, -0.1) is 0 Å². The summed E-state index contributed by atoms with van der Waals surface area (Å²) in [6.45, 7) is -0.116. The van der Waals surface area contributed by atoms with Crippen molar-refractivity contribution < 1.29 is 14.2 Å². The van der Waals surface area contributed by atoms with Gasteiger partial charge in [0, 0.05) is 17.0 Å². The number of rotatable bonds is 1. The molecule has 1 unspecified atom stereocenters. The third-order valence-electron chi connectivity index (χ3n) is 3.99. The molecule has 0 spiro atoms. The van der Waals surface area contributed by atoms with Crippen molar-refractivity contribution >= 4 is 10.9 Å². The number of halogens is 1. The number of hydrogen-bond acceptors (Lipinski definition) is 3. The fraction of sp³-hybridized carbons (Fsp3) is 0.118. The standard InChI is InChI=1S/C17H12FNO3/c18-13-7-5-12(6-8-13)17(21)10-22-14-3-1-2-11-4-9-15(20)19(17)16(11)14/h1-9,21H,10H2. The first-order valence-electron chi connectivity index (χ1n) is 6.86. The normalized spacial score (nSPS) is 19.9. The van der Waals surface area contributed by atoms with Crippen molar-refractivity contribution in [2.45, 2.75) is 5.72 Å². The molecule has 0 aliphatic carbocycles. The highest BCUT2D eigenvalue weighted by molar-refractivity contribution is 5.85. The minimum absolute atomic E-state index is 0.116. The zero-order chi connectivity index (χ0) is 15.3. The molecule has 5 heteroatoms. The van der Waals surface area contributed by atoms with Crippen molar-refractivity contribution in [2.75, 3.05) is 6.61 Å². The Morgan fingerprint density at radius 3 is 2.64 bits per heavy atom. The van der Waals surface area contributed by atoms with Crippen molar-refractivity contribution in [3.63, 3.8) is 0 Å². The SMILES string of the molecule is O=c1ccc2cccc3c2n1C(O)(c1ccc(F)cc1)CO3. The van der Waals surface area contributed by atoms with E-state index in [0.717, 1.165) is 5.39 Å². The first kappa shape index (κ1) is 13.0. The quantitative estimate of drug-likeness (QED) is 0.749. The van der Waals surface area contributed by atoms with Crippen molar-refractivity contribution in [1.29, 1.82) is 0 Å². The van der Waals surface area contributed by atoms with Crippen LogP contribution in [-0.4, -0.2) is 16.3 Å². The van der Waals surface area contributed by atoms with Gasteiger partial charge in [0.15, 0.2) is 0 Å². The van der Waals surface area contributed by atoms with E-state index in [1.807, 2.05) is 12.1 Å². The smallest absolute Gasteiger partial charge is 0.253 e. The maximum Gasteiger partial charge on any atom is 0.253 e. The van der Waals surface area contributed by atoms with Gasteiger partial charge in [0.25, 0.3) is 5.56 Å². The van der Waals surface area contributed by atoms with Crippen LogP contribution in [0.3, 0.4) is 0 Å². The lowest BCUT2D eigenvalue weighted by Crippen LogP contribution is -2.48. The van der Waals surface area contributed by atoms with Crippen LogP contribution in [0, 0.1) is 5.82 Å². The summed E-state index contributed by atoms with van der Waals surface area (Å²) in [6, 6.07) is 13.9. The molecule has 110 valence electrons. The number of ether oxygens (including phenoxy) is 1. The van der Waals surface area contributed by atoms with Crippen LogP contribution in [0.25, 0.3) is 10.9 Å². The van der Waals surface area contributed by atoms with Crippen LogP contribution in [-0.2, 0) is 5.72 Å². The largest absolute Gasteiger partial charge is 0.486 e. The topological polar surface area (TPSA) is 51.5 Å². The second-order valence-electron chi connectivity index (χ2n) is 5.31. The Morgan fingerprint density at radius 2 is 1.86 bits per heavy atom. The molecule has 0 fully saturated rings. The summed E-state index contributed by atoms with van der Waals surface area (Å²) >= 11 is 0. The number of benzene rings is 2. The summed E-state index contributed by atoms with van der Waals surface area (Å²) in [5.41, 5.74) is -1.07. The molecule has 4 rings (SSSR count).